The number of fused-ring (bicyclic) bond motifs is 6. The minimum absolute atomic E-state index is 0.408. The van der Waals surface area contributed by atoms with Crippen molar-refractivity contribution in [2.75, 3.05) is 0 Å². The Morgan fingerprint density at radius 3 is 2.58 bits per heavy atom. The first-order valence-electron chi connectivity index (χ1n) is 7.55. The summed E-state index contributed by atoms with van der Waals surface area (Å²) in [4.78, 5) is 0. The second-order valence-corrected chi connectivity index (χ2v) is 6.09. The molecular weight excluding hydrogens is 228 g/mol. The summed E-state index contributed by atoms with van der Waals surface area (Å²) in [5.41, 5.74) is 6.58. The first-order valence-corrected chi connectivity index (χ1v) is 7.55. The minimum atomic E-state index is 0.408. The highest BCUT2D eigenvalue weighted by Crippen LogP contribution is 2.59. The molecule has 0 radical (unpaired) electrons. The molecule has 2 aliphatic carbocycles. The lowest BCUT2D eigenvalue weighted by Crippen LogP contribution is -2.32. The quantitative estimate of drug-likeness (QED) is 0.644. The van der Waals surface area contributed by atoms with Crippen LogP contribution >= 0.6 is 0 Å². The van der Waals surface area contributed by atoms with E-state index in [1.165, 1.54) is 36.8 Å². The van der Waals surface area contributed by atoms with Gasteiger partial charge in [-0.05, 0) is 47.4 Å². The summed E-state index contributed by atoms with van der Waals surface area (Å²) >= 11 is 0. The van der Waals surface area contributed by atoms with Crippen molar-refractivity contribution in [1.29, 1.82) is 0 Å². The molecule has 2 atom stereocenters. The molecule has 2 aliphatic rings. The van der Waals surface area contributed by atoms with Crippen molar-refractivity contribution in [2.24, 2.45) is 0 Å². The molecule has 0 aromatic heterocycles. The second-order valence-electron chi connectivity index (χ2n) is 6.09. The summed E-state index contributed by atoms with van der Waals surface area (Å²) in [6.45, 7) is 2.38. The molecule has 2 aromatic carbocycles. The highest BCUT2D eigenvalue weighted by molar-refractivity contribution is 5.76. The number of rotatable bonds is 1. The van der Waals surface area contributed by atoms with Gasteiger partial charge in [-0.2, -0.15) is 0 Å². The molecule has 4 rings (SSSR count). The van der Waals surface area contributed by atoms with Crippen molar-refractivity contribution in [1.82, 2.24) is 0 Å². The SMILES string of the molecule is CC[C@@]12CCCC1c1ccccc1-c1ccccc12. The Labute approximate surface area is 115 Å². The molecule has 1 saturated carbocycles. The third-order valence-electron chi connectivity index (χ3n) is 5.50. The zero-order valence-corrected chi connectivity index (χ0v) is 11.5. The van der Waals surface area contributed by atoms with E-state index in [1.807, 2.05) is 0 Å². The standard InChI is InChI=1S/C19H20/c1-2-19-13-7-12-18(19)16-9-4-3-8-14(16)15-10-5-6-11-17(15)19/h3-6,8-11,18H,2,7,12-13H2,1H3/t18?,19-/m0/s1. The molecule has 2 aromatic rings. The van der Waals surface area contributed by atoms with Crippen molar-refractivity contribution in [3.05, 3.63) is 59.7 Å². The Balaban J connectivity index is 2.08. The van der Waals surface area contributed by atoms with Crippen molar-refractivity contribution in [2.45, 2.75) is 43.9 Å². The van der Waals surface area contributed by atoms with Crippen molar-refractivity contribution < 1.29 is 0 Å². The first-order chi connectivity index (χ1) is 9.37. The van der Waals surface area contributed by atoms with E-state index >= 15 is 0 Å². The van der Waals surface area contributed by atoms with Crippen molar-refractivity contribution in [3.63, 3.8) is 0 Å². The largest absolute Gasteiger partial charge is 0.0645 e. The van der Waals surface area contributed by atoms with E-state index in [0.717, 1.165) is 5.92 Å². The van der Waals surface area contributed by atoms with E-state index in [-0.39, 0.29) is 0 Å². The third-order valence-corrected chi connectivity index (χ3v) is 5.50. The molecule has 0 spiro atoms. The van der Waals surface area contributed by atoms with Gasteiger partial charge in [0, 0.05) is 5.41 Å². The zero-order chi connectivity index (χ0) is 12.9. The molecule has 0 heteroatoms. The molecule has 1 fully saturated rings. The van der Waals surface area contributed by atoms with E-state index in [9.17, 15) is 0 Å². The Morgan fingerprint density at radius 1 is 1.00 bits per heavy atom. The van der Waals surface area contributed by atoms with E-state index in [1.54, 1.807) is 11.1 Å². The van der Waals surface area contributed by atoms with Gasteiger partial charge in [-0.25, -0.2) is 0 Å². The highest BCUT2D eigenvalue weighted by Gasteiger charge is 2.47. The number of benzene rings is 2. The molecular formula is C19H20. The van der Waals surface area contributed by atoms with Gasteiger partial charge in [0.15, 0.2) is 0 Å². The fourth-order valence-electron chi connectivity index (χ4n) is 4.66. The average molecular weight is 248 g/mol. The first kappa shape index (κ1) is 11.3. The summed E-state index contributed by atoms with van der Waals surface area (Å²) in [7, 11) is 0. The van der Waals surface area contributed by atoms with E-state index in [0.29, 0.717) is 5.41 Å². The average Bonchev–Trinajstić information content (AvgIpc) is 2.93. The highest BCUT2D eigenvalue weighted by atomic mass is 14.5. The van der Waals surface area contributed by atoms with Crippen LogP contribution in [-0.4, -0.2) is 0 Å². The van der Waals surface area contributed by atoms with Crippen LogP contribution in [0.5, 0.6) is 0 Å². The summed E-state index contributed by atoms with van der Waals surface area (Å²) in [5.74, 6) is 0.739. The molecule has 0 N–H and O–H groups in total. The summed E-state index contributed by atoms with van der Waals surface area (Å²) in [6, 6.07) is 18.2. The summed E-state index contributed by atoms with van der Waals surface area (Å²) in [6.07, 6.45) is 5.36. The number of hydrogen-bond acceptors (Lipinski definition) is 0. The fraction of sp³-hybridized carbons (Fsp3) is 0.368. The maximum Gasteiger partial charge on any atom is 0.00254 e. The Morgan fingerprint density at radius 2 is 1.74 bits per heavy atom. The zero-order valence-electron chi connectivity index (χ0n) is 11.5. The lowest BCUT2D eigenvalue weighted by Gasteiger charge is -2.42. The molecule has 1 unspecified atom stereocenters. The maximum atomic E-state index is 2.38. The van der Waals surface area contributed by atoms with E-state index in [4.69, 9.17) is 0 Å². The van der Waals surface area contributed by atoms with Gasteiger partial charge in [0.05, 0.1) is 0 Å². The molecule has 0 heterocycles. The lowest BCUT2D eigenvalue weighted by molar-refractivity contribution is 0.372. The van der Waals surface area contributed by atoms with Gasteiger partial charge in [0.25, 0.3) is 0 Å². The smallest absolute Gasteiger partial charge is 0.00254 e. The summed E-state index contributed by atoms with van der Waals surface area (Å²) < 4.78 is 0. The third kappa shape index (κ3) is 1.35. The van der Waals surface area contributed by atoms with Gasteiger partial charge >= 0.3 is 0 Å². The van der Waals surface area contributed by atoms with Crippen LogP contribution in [0, 0.1) is 0 Å². The van der Waals surface area contributed by atoms with Crippen LogP contribution in [0.25, 0.3) is 11.1 Å². The van der Waals surface area contributed by atoms with E-state index < -0.39 is 0 Å². The molecule has 96 valence electrons. The topological polar surface area (TPSA) is 0 Å². The van der Waals surface area contributed by atoms with Crippen LogP contribution in [0.1, 0.15) is 49.7 Å². The van der Waals surface area contributed by atoms with Crippen LogP contribution in [0.4, 0.5) is 0 Å². The van der Waals surface area contributed by atoms with Crippen LogP contribution in [0.15, 0.2) is 48.5 Å². The Bertz CT molecular complexity index is 625. The maximum absolute atomic E-state index is 2.38. The minimum Gasteiger partial charge on any atom is -0.0645 e. The predicted molar refractivity (Wildman–Crippen MR) is 80.4 cm³/mol. The van der Waals surface area contributed by atoms with Gasteiger partial charge < -0.3 is 0 Å². The monoisotopic (exact) mass is 248 g/mol. The predicted octanol–water partition coefficient (Wildman–Crippen LogP) is 5.28. The fourth-order valence-corrected chi connectivity index (χ4v) is 4.66. The van der Waals surface area contributed by atoms with Crippen LogP contribution < -0.4 is 0 Å². The van der Waals surface area contributed by atoms with Gasteiger partial charge in [0.2, 0.25) is 0 Å². The van der Waals surface area contributed by atoms with Crippen molar-refractivity contribution in [3.8, 4) is 11.1 Å². The van der Waals surface area contributed by atoms with Gasteiger partial charge in [-0.15, -0.1) is 0 Å². The Kier molecular flexibility index (Phi) is 2.35. The summed E-state index contributed by atoms with van der Waals surface area (Å²) in [5, 5.41) is 0. The van der Waals surface area contributed by atoms with Gasteiger partial charge in [-0.1, -0.05) is 61.9 Å². The molecule has 0 amide bonds. The van der Waals surface area contributed by atoms with Crippen LogP contribution in [0.3, 0.4) is 0 Å². The second kappa shape index (κ2) is 3.96. The number of hydrogen-bond donors (Lipinski definition) is 0. The van der Waals surface area contributed by atoms with Gasteiger partial charge in [-0.3, -0.25) is 0 Å². The molecule has 0 bridgehead atoms. The van der Waals surface area contributed by atoms with Crippen molar-refractivity contribution >= 4 is 0 Å². The Hall–Kier alpha value is -1.56. The van der Waals surface area contributed by atoms with E-state index in [2.05, 4.69) is 55.5 Å². The lowest BCUT2D eigenvalue weighted by atomic mass is 9.61. The molecule has 0 saturated heterocycles. The molecule has 19 heavy (non-hydrogen) atoms. The van der Waals surface area contributed by atoms with Crippen LogP contribution in [0.2, 0.25) is 0 Å². The van der Waals surface area contributed by atoms with Gasteiger partial charge in [0.1, 0.15) is 0 Å². The van der Waals surface area contributed by atoms with Crippen LogP contribution in [-0.2, 0) is 5.41 Å². The molecule has 0 nitrogen and oxygen atoms in total. The normalized spacial score (nSPS) is 27.5. The molecule has 0 aliphatic heterocycles.